The van der Waals surface area contributed by atoms with Crippen molar-refractivity contribution in [2.45, 2.75) is 51.4 Å². The molecule has 1 unspecified atom stereocenters. The lowest BCUT2D eigenvalue weighted by Crippen LogP contribution is -2.54. The van der Waals surface area contributed by atoms with Crippen molar-refractivity contribution in [3.05, 3.63) is 22.2 Å². The number of hydrogen-bond acceptors (Lipinski definition) is 6. The quantitative estimate of drug-likeness (QED) is 0.710. The molecule has 0 amide bonds. The molecule has 2 heterocycles. The first-order valence-corrected chi connectivity index (χ1v) is 10.2. The second kappa shape index (κ2) is 7.13. The molecule has 0 bridgehead atoms. The third kappa shape index (κ3) is 3.11. The number of carbonyl (C=O) groups excluding carboxylic acids is 1. The molecule has 0 aromatic heterocycles. The van der Waals surface area contributed by atoms with Crippen LogP contribution in [0.3, 0.4) is 0 Å². The largest absolute Gasteiger partial charge is 0.465 e. The highest BCUT2D eigenvalue weighted by Crippen LogP contribution is 2.52. The lowest BCUT2D eigenvalue weighted by molar-refractivity contribution is -0.126. The van der Waals surface area contributed by atoms with E-state index in [1.165, 1.54) is 7.11 Å². The van der Waals surface area contributed by atoms with Crippen molar-refractivity contribution in [1.29, 1.82) is 5.26 Å². The molecule has 0 radical (unpaired) electrons. The molecule has 7 heteroatoms. The van der Waals surface area contributed by atoms with Crippen LogP contribution in [0.5, 0.6) is 11.5 Å². The molecule has 6 nitrogen and oxygen atoms in total. The number of nitriles is 1. The number of benzene rings is 1. The van der Waals surface area contributed by atoms with Gasteiger partial charge in [0.1, 0.15) is 0 Å². The number of rotatable bonds is 3. The zero-order valence-corrected chi connectivity index (χ0v) is 17.2. The zero-order chi connectivity index (χ0) is 20.1. The highest BCUT2D eigenvalue weighted by molar-refractivity contribution is 6.32. The van der Waals surface area contributed by atoms with E-state index in [4.69, 9.17) is 31.1 Å². The van der Waals surface area contributed by atoms with Gasteiger partial charge in [-0.2, -0.15) is 5.26 Å². The van der Waals surface area contributed by atoms with Gasteiger partial charge in [-0.15, -0.1) is 0 Å². The van der Waals surface area contributed by atoms with Crippen molar-refractivity contribution in [1.82, 2.24) is 4.90 Å². The van der Waals surface area contributed by atoms with E-state index in [1.807, 2.05) is 13.8 Å². The van der Waals surface area contributed by atoms with Crippen molar-refractivity contribution in [3.63, 3.8) is 0 Å². The molecule has 2 aliphatic heterocycles. The lowest BCUT2D eigenvalue weighted by Gasteiger charge is -2.45. The van der Waals surface area contributed by atoms with Crippen LogP contribution in [-0.4, -0.2) is 42.9 Å². The molecule has 4 rings (SSSR count). The van der Waals surface area contributed by atoms with Crippen LogP contribution < -0.4 is 9.47 Å². The van der Waals surface area contributed by atoms with Crippen molar-refractivity contribution in [2.75, 3.05) is 20.2 Å². The van der Waals surface area contributed by atoms with Crippen LogP contribution in [0.25, 0.3) is 0 Å². The van der Waals surface area contributed by atoms with Gasteiger partial charge in [-0.3, -0.25) is 4.90 Å². The SMILES string of the molecule is COC(=O)c1cc(Cl)c2c(c1C)OC(C)([C@H]1CC[C@H](N3CC(C#N)C3)CC1)O2. The fourth-order valence-corrected chi connectivity index (χ4v) is 4.93. The summed E-state index contributed by atoms with van der Waals surface area (Å²) >= 11 is 6.39. The van der Waals surface area contributed by atoms with Crippen LogP contribution in [0.4, 0.5) is 0 Å². The number of ether oxygens (including phenoxy) is 3. The molecular formula is C21H25ClN2O4. The lowest BCUT2D eigenvalue weighted by atomic mass is 9.79. The first kappa shape index (κ1) is 19.4. The van der Waals surface area contributed by atoms with Crippen LogP contribution in [0.15, 0.2) is 6.07 Å². The Morgan fingerprint density at radius 2 is 1.93 bits per heavy atom. The van der Waals surface area contributed by atoms with Gasteiger partial charge < -0.3 is 14.2 Å². The van der Waals surface area contributed by atoms with Crippen molar-refractivity contribution in [2.24, 2.45) is 11.8 Å². The third-order valence-corrected chi connectivity index (χ3v) is 6.78. The summed E-state index contributed by atoms with van der Waals surface area (Å²) in [5, 5.41) is 9.33. The van der Waals surface area contributed by atoms with Crippen LogP contribution in [0, 0.1) is 30.1 Å². The fourth-order valence-electron chi connectivity index (χ4n) is 4.69. The molecule has 1 saturated heterocycles. The molecule has 2 fully saturated rings. The summed E-state index contributed by atoms with van der Waals surface area (Å²) < 4.78 is 17.3. The number of esters is 1. The second-order valence-electron chi connectivity index (χ2n) is 8.19. The van der Waals surface area contributed by atoms with E-state index >= 15 is 0 Å². The summed E-state index contributed by atoms with van der Waals surface area (Å²) in [6.45, 7) is 5.57. The van der Waals surface area contributed by atoms with E-state index in [2.05, 4.69) is 11.0 Å². The first-order chi connectivity index (χ1) is 13.4. The maximum absolute atomic E-state index is 12.0. The fraction of sp³-hybridized carbons (Fsp3) is 0.619. The van der Waals surface area contributed by atoms with Crippen molar-refractivity contribution < 1.29 is 19.0 Å². The number of fused-ring (bicyclic) bond motifs is 1. The molecular weight excluding hydrogens is 380 g/mol. The minimum Gasteiger partial charge on any atom is -0.465 e. The molecule has 150 valence electrons. The Morgan fingerprint density at radius 1 is 1.29 bits per heavy atom. The van der Waals surface area contributed by atoms with Gasteiger partial charge in [-0.25, -0.2) is 4.79 Å². The predicted molar refractivity (Wildman–Crippen MR) is 104 cm³/mol. The molecule has 1 aromatic rings. The van der Waals surface area contributed by atoms with Crippen LogP contribution in [-0.2, 0) is 4.74 Å². The minimum absolute atomic E-state index is 0.195. The van der Waals surface area contributed by atoms with Gasteiger partial charge in [0.2, 0.25) is 0 Å². The van der Waals surface area contributed by atoms with E-state index < -0.39 is 11.8 Å². The molecule has 0 N–H and O–H groups in total. The Bertz CT molecular complexity index is 838. The second-order valence-corrected chi connectivity index (χ2v) is 8.59. The highest BCUT2D eigenvalue weighted by atomic mass is 35.5. The van der Waals surface area contributed by atoms with Gasteiger partial charge in [-0.05, 0) is 38.7 Å². The average Bonchev–Trinajstić information content (AvgIpc) is 3.03. The molecule has 1 atom stereocenters. The Hall–Kier alpha value is -1.97. The van der Waals surface area contributed by atoms with Gasteiger partial charge >= 0.3 is 5.97 Å². The van der Waals surface area contributed by atoms with Crippen LogP contribution in [0.2, 0.25) is 5.02 Å². The summed E-state index contributed by atoms with van der Waals surface area (Å²) in [4.78, 5) is 14.4. The Morgan fingerprint density at radius 3 is 2.54 bits per heavy atom. The van der Waals surface area contributed by atoms with Crippen LogP contribution in [0.1, 0.15) is 48.5 Å². The molecule has 0 spiro atoms. The standard InChI is InChI=1S/C21H25ClN2O4/c1-12-16(20(25)26-3)8-17(22)19-18(12)27-21(2,28-19)14-4-6-15(7-5-14)24-10-13(9-23)11-24/h8,13-15H,4-7,10-11H2,1-3H3/t14-,15-,21?. The molecule has 1 aliphatic carbocycles. The predicted octanol–water partition coefficient (Wildman–Crippen LogP) is 3.94. The van der Waals surface area contributed by atoms with E-state index in [9.17, 15) is 4.79 Å². The molecule has 3 aliphatic rings. The summed E-state index contributed by atoms with van der Waals surface area (Å²) in [6, 6.07) is 4.47. The zero-order valence-electron chi connectivity index (χ0n) is 16.5. The summed E-state index contributed by atoms with van der Waals surface area (Å²) in [5.41, 5.74) is 1.08. The Balaban J connectivity index is 1.46. The molecule has 1 saturated carbocycles. The maximum atomic E-state index is 12.0. The minimum atomic E-state index is -0.791. The molecule has 28 heavy (non-hydrogen) atoms. The number of halogens is 1. The normalized spacial score (nSPS) is 29.8. The third-order valence-electron chi connectivity index (χ3n) is 6.50. The average molecular weight is 405 g/mol. The maximum Gasteiger partial charge on any atom is 0.338 e. The van der Waals surface area contributed by atoms with Gasteiger partial charge in [0.25, 0.3) is 5.79 Å². The number of nitrogens with zero attached hydrogens (tertiary/aromatic N) is 2. The van der Waals surface area contributed by atoms with Crippen molar-refractivity contribution in [3.8, 4) is 17.6 Å². The topological polar surface area (TPSA) is 71.8 Å². The first-order valence-electron chi connectivity index (χ1n) is 9.79. The highest BCUT2D eigenvalue weighted by Gasteiger charge is 2.48. The van der Waals surface area contributed by atoms with Gasteiger partial charge in [0.15, 0.2) is 11.5 Å². The van der Waals surface area contributed by atoms with E-state index in [0.29, 0.717) is 33.7 Å². The monoisotopic (exact) mass is 404 g/mol. The summed E-state index contributed by atoms with van der Waals surface area (Å²) in [7, 11) is 1.35. The van der Waals surface area contributed by atoms with Crippen LogP contribution >= 0.6 is 11.6 Å². The van der Waals surface area contributed by atoms with Gasteiger partial charge in [0.05, 0.1) is 29.7 Å². The van der Waals surface area contributed by atoms with E-state index in [0.717, 1.165) is 38.8 Å². The van der Waals surface area contributed by atoms with E-state index in [-0.39, 0.29) is 11.8 Å². The van der Waals surface area contributed by atoms with Gasteiger partial charge in [-0.1, -0.05) is 11.6 Å². The number of carbonyl (C=O) groups is 1. The summed E-state index contributed by atoms with van der Waals surface area (Å²) in [5.74, 6) is 0.250. The van der Waals surface area contributed by atoms with Gasteiger partial charge in [0, 0.05) is 37.5 Å². The molecule has 1 aromatic carbocycles. The smallest absolute Gasteiger partial charge is 0.338 e. The number of likely N-dealkylation sites (tertiary alicyclic amines) is 1. The van der Waals surface area contributed by atoms with Crippen molar-refractivity contribution >= 4 is 17.6 Å². The number of hydrogen-bond donors (Lipinski definition) is 0. The van der Waals surface area contributed by atoms with E-state index in [1.54, 1.807) is 6.07 Å². The number of methoxy groups -OCH3 is 1. The Labute approximate surface area is 170 Å². The summed E-state index contributed by atoms with van der Waals surface area (Å²) in [6.07, 6.45) is 4.12. The Kier molecular flexibility index (Phi) is 4.93.